The predicted octanol–water partition coefficient (Wildman–Crippen LogP) is 6.21. The van der Waals surface area contributed by atoms with Gasteiger partial charge in [-0.15, -0.1) is 11.3 Å². The minimum absolute atomic E-state index is 0.0656. The van der Waals surface area contributed by atoms with Gasteiger partial charge < -0.3 is 4.90 Å². The van der Waals surface area contributed by atoms with Gasteiger partial charge in [0.05, 0.1) is 4.88 Å². The summed E-state index contributed by atoms with van der Waals surface area (Å²) in [5.74, 6) is 0.0656. The molecular weight excluding hydrogens is 382 g/mol. The van der Waals surface area contributed by atoms with Crippen molar-refractivity contribution in [1.29, 1.82) is 0 Å². The van der Waals surface area contributed by atoms with Crippen molar-refractivity contribution in [2.75, 3.05) is 18.0 Å². The van der Waals surface area contributed by atoms with Gasteiger partial charge in [0.15, 0.2) is 5.78 Å². The molecule has 1 aromatic heterocycles. The number of nitrogens with zero attached hydrogens (tertiary/aromatic N) is 1. The highest BCUT2D eigenvalue weighted by molar-refractivity contribution is 9.10. The molecule has 128 valence electrons. The average molecular weight is 406 g/mol. The molecule has 0 saturated carbocycles. The number of ketones is 1. The molecule has 1 aromatic carbocycles. The van der Waals surface area contributed by atoms with Gasteiger partial charge in [-0.3, -0.25) is 4.79 Å². The maximum absolute atomic E-state index is 12.4. The Hall–Kier alpha value is -1.39. The Morgan fingerprint density at radius 3 is 2.42 bits per heavy atom. The van der Waals surface area contributed by atoms with Crippen molar-refractivity contribution < 1.29 is 4.79 Å². The first-order valence-corrected chi connectivity index (χ1v) is 10.1. The summed E-state index contributed by atoms with van der Waals surface area (Å²) >= 11 is 5.13. The molecule has 0 bridgehead atoms. The first-order valence-electron chi connectivity index (χ1n) is 8.44. The number of halogens is 1. The molecule has 0 unspecified atom stereocenters. The minimum Gasteiger partial charge on any atom is -0.372 e. The summed E-state index contributed by atoms with van der Waals surface area (Å²) in [6.07, 6.45) is 5.65. The fourth-order valence-corrected chi connectivity index (χ4v) is 4.46. The van der Waals surface area contributed by atoms with Crippen LogP contribution in [0.25, 0.3) is 6.08 Å². The Bertz CT molecular complexity index is 699. The van der Waals surface area contributed by atoms with Crippen molar-refractivity contribution in [3.05, 3.63) is 56.2 Å². The third kappa shape index (κ3) is 4.81. The number of rotatable bonds is 8. The number of allylic oxidation sites excluding steroid dienone is 1. The molecule has 0 N–H and O–H groups in total. The molecule has 2 aromatic rings. The standard InChI is InChI=1S/C20H24BrNOS/c1-4-7-19-17(21)14-20(24-19)18(23)13-10-15-8-11-16(12-9-15)22(5-2)6-3/h8-14H,4-7H2,1-3H3/b13-10+. The number of hydrogen-bond acceptors (Lipinski definition) is 3. The largest absolute Gasteiger partial charge is 0.372 e. The summed E-state index contributed by atoms with van der Waals surface area (Å²) in [6, 6.07) is 10.3. The number of anilines is 1. The second-order valence-electron chi connectivity index (χ2n) is 5.59. The van der Waals surface area contributed by atoms with Crippen LogP contribution in [0.1, 0.15) is 47.3 Å². The summed E-state index contributed by atoms with van der Waals surface area (Å²) < 4.78 is 1.05. The predicted molar refractivity (Wildman–Crippen MR) is 109 cm³/mol. The van der Waals surface area contributed by atoms with Crippen LogP contribution in [-0.4, -0.2) is 18.9 Å². The molecule has 2 rings (SSSR count). The topological polar surface area (TPSA) is 20.3 Å². The monoisotopic (exact) mass is 405 g/mol. The lowest BCUT2D eigenvalue weighted by atomic mass is 10.1. The van der Waals surface area contributed by atoms with E-state index in [2.05, 4.69) is 65.9 Å². The van der Waals surface area contributed by atoms with E-state index in [1.54, 1.807) is 17.4 Å². The third-order valence-electron chi connectivity index (χ3n) is 3.93. The van der Waals surface area contributed by atoms with E-state index in [0.717, 1.165) is 40.8 Å². The van der Waals surface area contributed by atoms with Crippen molar-refractivity contribution in [2.24, 2.45) is 0 Å². The molecule has 4 heteroatoms. The number of aryl methyl sites for hydroxylation is 1. The number of hydrogen-bond donors (Lipinski definition) is 0. The second kappa shape index (κ2) is 9.19. The number of carbonyl (C=O) groups is 1. The molecule has 0 saturated heterocycles. The smallest absolute Gasteiger partial charge is 0.195 e. The van der Waals surface area contributed by atoms with Crippen LogP contribution in [0.15, 0.2) is 40.9 Å². The van der Waals surface area contributed by atoms with Crippen LogP contribution < -0.4 is 4.90 Å². The normalized spacial score (nSPS) is 11.2. The molecule has 0 atom stereocenters. The van der Waals surface area contributed by atoms with Crippen molar-refractivity contribution in [1.82, 2.24) is 0 Å². The van der Waals surface area contributed by atoms with Gasteiger partial charge in [-0.2, -0.15) is 0 Å². The number of carbonyl (C=O) groups excluding carboxylic acids is 1. The highest BCUT2D eigenvalue weighted by Crippen LogP contribution is 2.29. The zero-order valence-electron chi connectivity index (χ0n) is 14.5. The Morgan fingerprint density at radius 2 is 1.83 bits per heavy atom. The molecule has 0 fully saturated rings. The molecular formula is C20H24BrNOS. The van der Waals surface area contributed by atoms with Crippen LogP contribution in [-0.2, 0) is 6.42 Å². The first-order chi connectivity index (χ1) is 11.6. The fraction of sp³-hybridized carbons (Fsp3) is 0.350. The SMILES string of the molecule is CCCc1sc(C(=O)/C=C/c2ccc(N(CC)CC)cc2)cc1Br. The molecule has 0 spiro atoms. The van der Waals surface area contributed by atoms with Crippen LogP contribution in [0.5, 0.6) is 0 Å². The molecule has 0 radical (unpaired) electrons. The van der Waals surface area contributed by atoms with E-state index < -0.39 is 0 Å². The Kier molecular flexibility index (Phi) is 7.25. The van der Waals surface area contributed by atoms with Gasteiger partial charge in [-0.05, 0) is 66.0 Å². The summed E-state index contributed by atoms with van der Waals surface area (Å²) in [4.78, 5) is 16.7. The lowest BCUT2D eigenvalue weighted by Gasteiger charge is -2.20. The molecule has 24 heavy (non-hydrogen) atoms. The van der Waals surface area contributed by atoms with Gasteiger partial charge >= 0.3 is 0 Å². The lowest BCUT2D eigenvalue weighted by Crippen LogP contribution is -2.21. The molecule has 0 aliphatic rings. The lowest BCUT2D eigenvalue weighted by molar-refractivity contribution is 0.105. The minimum atomic E-state index is 0.0656. The summed E-state index contributed by atoms with van der Waals surface area (Å²) in [7, 11) is 0. The zero-order chi connectivity index (χ0) is 17.5. The molecule has 0 aliphatic heterocycles. The Balaban J connectivity index is 2.07. The van der Waals surface area contributed by atoms with Gasteiger partial charge in [0, 0.05) is 28.1 Å². The van der Waals surface area contributed by atoms with E-state index in [4.69, 9.17) is 0 Å². The first kappa shape index (κ1) is 18.9. The van der Waals surface area contributed by atoms with E-state index in [-0.39, 0.29) is 5.78 Å². The number of benzene rings is 1. The van der Waals surface area contributed by atoms with Gasteiger partial charge in [-0.1, -0.05) is 31.6 Å². The van der Waals surface area contributed by atoms with E-state index in [0.29, 0.717) is 0 Å². The van der Waals surface area contributed by atoms with Crippen LogP contribution in [0.3, 0.4) is 0 Å². The van der Waals surface area contributed by atoms with Crippen LogP contribution in [0, 0.1) is 0 Å². The van der Waals surface area contributed by atoms with Crippen molar-refractivity contribution in [3.63, 3.8) is 0 Å². The highest BCUT2D eigenvalue weighted by Gasteiger charge is 2.10. The zero-order valence-corrected chi connectivity index (χ0v) is 16.9. The summed E-state index contributed by atoms with van der Waals surface area (Å²) in [6.45, 7) is 8.45. The maximum atomic E-state index is 12.4. The summed E-state index contributed by atoms with van der Waals surface area (Å²) in [5, 5.41) is 0. The highest BCUT2D eigenvalue weighted by atomic mass is 79.9. The second-order valence-corrected chi connectivity index (χ2v) is 7.58. The van der Waals surface area contributed by atoms with Crippen molar-refractivity contribution in [2.45, 2.75) is 33.6 Å². The van der Waals surface area contributed by atoms with Gasteiger partial charge in [0.25, 0.3) is 0 Å². The van der Waals surface area contributed by atoms with Crippen LogP contribution in [0.4, 0.5) is 5.69 Å². The third-order valence-corrected chi connectivity index (χ3v) is 6.11. The van der Waals surface area contributed by atoms with Crippen LogP contribution >= 0.6 is 27.3 Å². The van der Waals surface area contributed by atoms with E-state index in [9.17, 15) is 4.79 Å². The van der Waals surface area contributed by atoms with Crippen LogP contribution in [0.2, 0.25) is 0 Å². The van der Waals surface area contributed by atoms with E-state index in [1.165, 1.54) is 10.6 Å². The molecule has 1 heterocycles. The summed E-state index contributed by atoms with van der Waals surface area (Å²) in [5.41, 5.74) is 2.26. The maximum Gasteiger partial charge on any atom is 0.195 e. The van der Waals surface area contributed by atoms with Gasteiger partial charge in [-0.25, -0.2) is 0 Å². The molecule has 0 amide bonds. The Labute approximate surface area is 157 Å². The quantitative estimate of drug-likeness (QED) is 0.384. The number of thiophene rings is 1. The molecule has 0 aliphatic carbocycles. The van der Waals surface area contributed by atoms with E-state index >= 15 is 0 Å². The van der Waals surface area contributed by atoms with Crippen molar-refractivity contribution >= 4 is 44.8 Å². The molecule has 2 nitrogen and oxygen atoms in total. The van der Waals surface area contributed by atoms with Gasteiger partial charge in [0.2, 0.25) is 0 Å². The average Bonchev–Trinajstić information content (AvgIpc) is 2.96. The van der Waals surface area contributed by atoms with E-state index in [1.807, 2.05) is 12.1 Å². The van der Waals surface area contributed by atoms with Crippen molar-refractivity contribution in [3.8, 4) is 0 Å². The Morgan fingerprint density at radius 1 is 1.17 bits per heavy atom. The van der Waals surface area contributed by atoms with Gasteiger partial charge in [0.1, 0.15) is 0 Å². The fourth-order valence-electron chi connectivity index (χ4n) is 2.56.